The van der Waals surface area contributed by atoms with E-state index in [4.69, 9.17) is 10.2 Å². The SMILES string of the molecule is NC(=O)[C@H](Cc1ccccc1)NC(=O)CC1CCN(Cc2ccoc2)CC1. The maximum atomic E-state index is 12.4. The van der Waals surface area contributed by atoms with Gasteiger partial charge in [0.2, 0.25) is 11.8 Å². The van der Waals surface area contributed by atoms with Crippen molar-refractivity contribution < 1.29 is 14.0 Å². The van der Waals surface area contributed by atoms with Crippen LogP contribution in [0.15, 0.2) is 53.3 Å². The first kappa shape index (κ1) is 19.2. The van der Waals surface area contributed by atoms with Crippen molar-refractivity contribution in [3.63, 3.8) is 0 Å². The monoisotopic (exact) mass is 369 g/mol. The van der Waals surface area contributed by atoms with Crippen molar-refractivity contribution in [2.45, 2.75) is 38.3 Å². The fraction of sp³-hybridized carbons (Fsp3) is 0.429. The summed E-state index contributed by atoms with van der Waals surface area (Å²) in [5.41, 5.74) is 7.64. The molecule has 3 rings (SSSR count). The topological polar surface area (TPSA) is 88.6 Å². The average Bonchev–Trinajstić information content (AvgIpc) is 3.16. The van der Waals surface area contributed by atoms with E-state index in [1.165, 1.54) is 5.56 Å². The molecule has 0 unspecified atom stereocenters. The van der Waals surface area contributed by atoms with Crippen LogP contribution >= 0.6 is 0 Å². The molecular formula is C21H27N3O3. The third kappa shape index (κ3) is 5.96. The number of benzene rings is 1. The van der Waals surface area contributed by atoms with Gasteiger partial charge >= 0.3 is 0 Å². The van der Waals surface area contributed by atoms with E-state index in [0.717, 1.165) is 38.0 Å². The molecule has 0 saturated carbocycles. The molecule has 6 heteroatoms. The van der Waals surface area contributed by atoms with Gasteiger partial charge in [-0.2, -0.15) is 0 Å². The van der Waals surface area contributed by atoms with Crippen LogP contribution in [-0.4, -0.2) is 35.8 Å². The second kappa shape index (κ2) is 9.37. The molecule has 1 aliphatic rings. The summed E-state index contributed by atoms with van der Waals surface area (Å²) in [7, 11) is 0. The van der Waals surface area contributed by atoms with Crippen LogP contribution in [0.5, 0.6) is 0 Å². The number of carbonyl (C=O) groups excluding carboxylic acids is 2. The van der Waals surface area contributed by atoms with Crippen LogP contribution in [0.1, 0.15) is 30.4 Å². The van der Waals surface area contributed by atoms with Gasteiger partial charge in [-0.1, -0.05) is 30.3 Å². The number of nitrogens with one attached hydrogen (secondary N) is 1. The number of nitrogens with zero attached hydrogens (tertiary/aromatic N) is 1. The van der Waals surface area contributed by atoms with Crippen LogP contribution in [-0.2, 0) is 22.6 Å². The molecule has 144 valence electrons. The van der Waals surface area contributed by atoms with Crippen LogP contribution < -0.4 is 11.1 Å². The van der Waals surface area contributed by atoms with Gasteiger partial charge in [-0.25, -0.2) is 0 Å². The van der Waals surface area contributed by atoms with Gasteiger partial charge < -0.3 is 15.5 Å². The van der Waals surface area contributed by atoms with E-state index in [9.17, 15) is 9.59 Å². The highest BCUT2D eigenvalue weighted by molar-refractivity contribution is 5.86. The predicted octanol–water partition coefficient (Wildman–Crippen LogP) is 2.09. The number of furan rings is 1. The standard InChI is InChI=1S/C21H27N3O3/c22-21(26)19(12-16-4-2-1-3-5-16)23-20(25)13-17-6-9-24(10-7-17)14-18-8-11-27-15-18/h1-5,8,11,15,17,19H,6-7,9-10,12-14H2,(H2,22,26)(H,23,25)/t19-/m0/s1. The van der Waals surface area contributed by atoms with Gasteiger partial charge in [0.1, 0.15) is 6.04 Å². The largest absolute Gasteiger partial charge is 0.472 e. The molecule has 3 N–H and O–H groups in total. The molecule has 1 aliphatic heterocycles. The molecule has 1 fully saturated rings. The molecule has 1 saturated heterocycles. The Morgan fingerprint density at radius 2 is 1.89 bits per heavy atom. The summed E-state index contributed by atoms with van der Waals surface area (Å²) in [4.78, 5) is 26.5. The fourth-order valence-corrected chi connectivity index (χ4v) is 3.58. The summed E-state index contributed by atoms with van der Waals surface area (Å²) in [5, 5.41) is 2.82. The first-order valence-corrected chi connectivity index (χ1v) is 9.46. The Hall–Kier alpha value is -2.60. The number of carbonyl (C=O) groups is 2. The lowest BCUT2D eigenvalue weighted by Crippen LogP contribution is -2.46. The number of nitrogens with two attached hydrogens (primary N) is 1. The molecule has 2 amide bonds. The van der Waals surface area contributed by atoms with Gasteiger partial charge in [0.15, 0.2) is 0 Å². The van der Waals surface area contributed by atoms with E-state index in [1.54, 1.807) is 12.5 Å². The van der Waals surface area contributed by atoms with Crippen molar-refractivity contribution in [1.29, 1.82) is 0 Å². The predicted molar refractivity (Wildman–Crippen MR) is 103 cm³/mol. The van der Waals surface area contributed by atoms with E-state index in [-0.39, 0.29) is 5.91 Å². The summed E-state index contributed by atoms with van der Waals surface area (Å²) in [6.45, 7) is 2.81. The third-order valence-electron chi connectivity index (χ3n) is 5.13. The maximum Gasteiger partial charge on any atom is 0.240 e. The van der Waals surface area contributed by atoms with Crippen LogP contribution in [0.4, 0.5) is 0 Å². The van der Waals surface area contributed by atoms with Gasteiger partial charge in [0.05, 0.1) is 12.5 Å². The zero-order valence-corrected chi connectivity index (χ0v) is 15.5. The third-order valence-corrected chi connectivity index (χ3v) is 5.13. The molecule has 2 heterocycles. The summed E-state index contributed by atoms with van der Waals surface area (Å²) >= 11 is 0. The quantitative estimate of drug-likeness (QED) is 0.746. The van der Waals surface area contributed by atoms with Crippen LogP contribution in [0.2, 0.25) is 0 Å². The van der Waals surface area contributed by atoms with Gasteiger partial charge in [-0.3, -0.25) is 14.5 Å². The van der Waals surface area contributed by atoms with E-state index in [1.807, 2.05) is 36.4 Å². The Kier molecular flexibility index (Phi) is 6.65. The van der Waals surface area contributed by atoms with E-state index >= 15 is 0 Å². The number of hydrogen-bond acceptors (Lipinski definition) is 4. The Morgan fingerprint density at radius 3 is 2.52 bits per heavy atom. The summed E-state index contributed by atoms with van der Waals surface area (Å²) in [6, 6.07) is 10.9. The lowest BCUT2D eigenvalue weighted by molar-refractivity contribution is -0.128. The zero-order valence-electron chi connectivity index (χ0n) is 15.5. The number of likely N-dealkylation sites (tertiary alicyclic amines) is 1. The normalized spacial score (nSPS) is 16.7. The molecule has 6 nitrogen and oxygen atoms in total. The summed E-state index contributed by atoms with van der Waals surface area (Å²) < 4.78 is 5.11. The smallest absolute Gasteiger partial charge is 0.240 e. The first-order valence-electron chi connectivity index (χ1n) is 9.46. The van der Waals surface area contributed by atoms with Crippen LogP contribution in [0, 0.1) is 5.92 Å². The average molecular weight is 369 g/mol. The Balaban J connectivity index is 1.43. The number of primary amides is 1. The van der Waals surface area contributed by atoms with Crippen LogP contribution in [0.25, 0.3) is 0 Å². The van der Waals surface area contributed by atoms with Crippen molar-refractivity contribution in [2.75, 3.05) is 13.1 Å². The molecule has 0 spiro atoms. The van der Waals surface area contributed by atoms with E-state index in [2.05, 4.69) is 10.2 Å². The Bertz CT molecular complexity index is 722. The molecule has 0 bridgehead atoms. The highest BCUT2D eigenvalue weighted by Crippen LogP contribution is 2.22. The highest BCUT2D eigenvalue weighted by atomic mass is 16.3. The molecule has 2 aromatic rings. The number of rotatable bonds is 8. The zero-order chi connectivity index (χ0) is 19.1. The molecular weight excluding hydrogens is 342 g/mol. The van der Waals surface area contributed by atoms with Crippen molar-refractivity contribution in [3.8, 4) is 0 Å². The minimum absolute atomic E-state index is 0.0944. The van der Waals surface area contributed by atoms with Gasteiger partial charge in [-0.15, -0.1) is 0 Å². The molecule has 1 atom stereocenters. The van der Waals surface area contributed by atoms with Crippen molar-refractivity contribution >= 4 is 11.8 Å². The molecule has 0 aliphatic carbocycles. The molecule has 0 radical (unpaired) electrons. The minimum Gasteiger partial charge on any atom is -0.472 e. The summed E-state index contributed by atoms with van der Waals surface area (Å²) in [6.07, 6.45) is 6.28. The fourth-order valence-electron chi connectivity index (χ4n) is 3.58. The second-order valence-corrected chi connectivity index (χ2v) is 7.27. The van der Waals surface area contributed by atoms with Crippen molar-refractivity contribution in [3.05, 3.63) is 60.1 Å². The highest BCUT2D eigenvalue weighted by Gasteiger charge is 2.24. The number of amides is 2. The van der Waals surface area contributed by atoms with Gasteiger partial charge in [0.25, 0.3) is 0 Å². The Labute approximate surface area is 159 Å². The maximum absolute atomic E-state index is 12.4. The first-order chi connectivity index (χ1) is 13.1. The molecule has 27 heavy (non-hydrogen) atoms. The summed E-state index contributed by atoms with van der Waals surface area (Å²) in [5.74, 6) is -0.249. The lowest BCUT2D eigenvalue weighted by Gasteiger charge is -2.31. The molecule has 1 aromatic carbocycles. The lowest BCUT2D eigenvalue weighted by atomic mass is 9.92. The minimum atomic E-state index is -0.666. The van der Waals surface area contributed by atoms with Gasteiger partial charge in [0, 0.05) is 24.9 Å². The number of piperidine rings is 1. The molecule has 1 aromatic heterocycles. The second-order valence-electron chi connectivity index (χ2n) is 7.27. The van der Waals surface area contributed by atoms with Crippen LogP contribution in [0.3, 0.4) is 0 Å². The number of hydrogen-bond donors (Lipinski definition) is 2. The van der Waals surface area contributed by atoms with Gasteiger partial charge in [-0.05, 0) is 43.5 Å². The van der Waals surface area contributed by atoms with E-state index < -0.39 is 11.9 Å². The van der Waals surface area contributed by atoms with Crippen molar-refractivity contribution in [2.24, 2.45) is 11.7 Å². The van der Waals surface area contributed by atoms with Crippen molar-refractivity contribution in [1.82, 2.24) is 10.2 Å². The van der Waals surface area contributed by atoms with E-state index in [0.29, 0.717) is 18.8 Å². The Morgan fingerprint density at radius 1 is 1.15 bits per heavy atom.